The van der Waals surface area contributed by atoms with Gasteiger partial charge >= 0.3 is 0 Å². The number of likely N-dealkylation sites (tertiary alicyclic amines) is 1. The minimum Gasteiger partial charge on any atom is -0.341 e. The first-order valence-corrected chi connectivity index (χ1v) is 6.40. The summed E-state index contributed by atoms with van der Waals surface area (Å²) in [6, 6.07) is 0.445. The smallest absolute Gasteiger partial charge is 0.226 e. The van der Waals surface area contributed by atoms with Crippen molar-refractivity contribution in [1.29, 1.82) is 0 Å². The Labute approximate surface area is 117 Å². The molecule has 1 fully saturated rings. The van der Waals surface area contributed by atoms with Gasteiger partial charge in [0.15, 0.2) is 0 Å². The van der Waals surface area contributed by atoms with Gasteiger partial charge in [-0.2, -0.15) is 0 Å². The van der Waals surface area contributed by atoms with Crippen LogP contribution in [0, 0.1) is 5.92 Å². The van der Waals surface area contributed by atoms with Crippen LogP contribution in [0.3, 0.4) is 0 Å². The lowest BCUT2D eigenvalue weighted by Crippen LogP contribution is -2.48. The van der Waals surface area contributed by atoms with Crippen molar-refractivity contribution in [1.82, 2.24) is 10.2 Å². The number of piperidine rings is 1. The molecule has 0 aromatic rings. The molecule has 1 unspecified atom stereocenters. The van der Waals surface area contributed by atoms with Gasteiger partial charge in [0.1, 0.15) is 0 Å². The Morgan fingerprint density at radius 3 is 2.56 bits per heavy atom. The maximum Gasteiger partial charge on any atom is 0.226 e. The molecular formula is C14H25ClN2O. The molecule has 18 heavy (non-hydrogen) atoms. The molecule has 0 aromatic carbocycles. The van der Waals surface area contributed by atoms with Gasteiger partial charge in [-0.25, -0.2) is 0 Å². The Bertz CT molecular complexity index is 271. The first-order valence-electron chi connectivity index (χ1n) is 6.40. The van der Waals surface area contributed by atoms with E-state index in [9.17, 15) is 4.79 Å². The number of likely N-dealkylation sites (N-methyl/N-ethyl adjacent to an activating group) is 1. The predicted molar refractivity (Wildman–Crippen MR) is 79.0 cm³/mol. The Morgan fingerprint density at radius 1 is 1.44 bits per heavy atom. The molecule has 1 amide bonds. The van der Waals surface area contributed by atoms with Crippen molar-refractivity contribution in [2.45, 2.75) is 31.7 Å². The second-order valence-electron chi connectivity index (χ2n) is 4.66. The number of carbonyl (C=O) groups is 1. The number of carbonyl (C=O) groups excluding carboxylic acids is 1. The number of halogens is 1. The number of hydrogen-bond donors (Lipinski definition) is 1. The van der Waals surface area contributed by atoms with Crippen LogP contribution in [0.2, 0.25) is 0 Å². The van der Waals surface area contributed by atoms with E-state index in [2.05, 4.69) is 18.5 Å². The molecular weight excluding hydrogens is 248 g/mol. The van der Waals surface area contributed by atoms with Gasteiger partial charge in [0, 0.05) is 25.0 Å². The number of rotatable bonds is 6. The number of amides is 1. The van der Waals surface area contributed by atoms with Crippen molar-refractivity contribution in [2.24, 2.45) is 5.92 Å². The zero-order valence-corrected chi connectivity index (χ0v) is 12.0. The average Bonchev–Trinajstić information content (AvgIpc) is 2.38. The largest absolute Gasteiger partial charge is 0.341 e. The maximum atomic E-state index is 12.3. The van der Waals surface area contributed by atoms with Gasteiger partial charge in [0.2, 0.25) is 5.91 Å². The van der Waals surface area contributed by atoms with Crippen molar-refractivity contribution < 1.29 is 4.79 Å². The van der Waals surface area contributed by atoms with E-state index in [1.54, 1.807) is 0 Å². The minimum atomic E-state index is 0. The van der Waals surface area contributed by atoms with Crippen LogP contribution in [-0.2, 0) is 4.79 Å². The highest BCUT2D eigenvalue weighted by Gasteiger charge is 2.26. The van der Waals surface area contributed by atoms with Crippen molar-refractivity contribution in [2.75, 3.05) is 20.1 Å². The monoisotopic (exact) mass is 272 g/mol. The van der Waals surface area contributed by atoms with Gasteiger partial charge in [-0.15, -0.1) is 25.6 Å². The van der Waals surface area contributed by atoms with Gasteiger partial charge in [-0.3, -0.25) is 4.79 Å². The van der Waals surface area contributed by atoms with Crippen molar-refractivity contribution in [3.8, 4) is 0 Å². The van der Waals surface area contributed by atoms with E-state index in [1.807, 2.05) is 24.1 Å². The van der Waals surface area contributed by atoms with E-state index in [-0.39, 0.29) is 24.2 Å². The molecule has 1 N–H and O–H groups in total. The van der Waals surface area contributed by atoms with E-state index < -0.39 is 0 Å². The summed E-state index contributed by atoms with van der Waals surface area (Å²) in [6.45, 7) is 9.17. The number of nitrogens with zero attached hydrogens (tertiary/aromatic N) is 1. The summed E-state index contributed by atoms with van der Waals surface area (Å²) in [5, 5.41) is 3.26. The molecule has 3 nitrogen and oxygen atoms in total. The molecule has 1 aliphatic heterocycles. The van der Waals surface area contributed by atoms with E-state index >= 15 is 0 Å². The average molecular weight is 273 g/mol. The van der Waals surface area contributed by atoms with Crippen LogP contribution in [0.4, 0.5) is 0 Å². The van der Waals surface area contributed by atoms with E-state index in [4.69, 9.17) is 0 Å². The molecule has 0 aliphatic carbocycles. The fraction of sp³-hybridized carbons (Fsp3) is 0.643. The van der Waals surface area contributed by atoms with Crippen LogP contribution in [0.5, 0.6) is 0 Å². The van der Waals surface area contributed by atoms with Crippen LogP contribution < -0.4 is 5.32 Å². The molecule has 104 valence electrons. The van der Waals surface area contributed by atoms with E-state index in [0.717, 1.165) is 38.8 Å². The maximum absolute atomic E-state index is 12.3. The molecule has 0 spiro atoms. The second kappa shape index (κ2) is 9.17. The van der Waals surface area contributed by atoms with E-state index in [1.165, 1.54) is 0 Å². The minimum absolute atomic E-state index is 0. The first kappa shape index (κ1) is 17.2. The molecule has 0 bridgehead atoms. The molecule has 1 heterocycles. The first-order chi connectivity index (χ1) is 8.22. The summed E-state index contributed by atoms with van der Waals surface area (Å²) in [4.78, 5) is 14.3. The van der Waals surface area contributed by atoms with Gasteiger partial charge < -0.3 is 10.2 Å². The molecule has 0 radical (unpaired) electrons. The normalized spacial score (nSPS) is 19.2. The van der Waals surface area contributed by atoms with Gasteiger partial charge in [0.05, 0.1) is 0 Å². The van der Waals surface area contributed by atoms with Crippen molar-refractivity contribution in [3.63, 3.8) is 0 Å². The SMILES string of the molecule is C=CCC(CC=C)C(=O)N1CCCC(NC)C1.Cl. The summed E-state index contributed by atoms with van der Waals surface area (Å²) in [6.07, 6.45) is 7.38. The Morgan fingerprint density at radius 2 is 2.06 bits per heavy atom. The fourth-order valence-electron chi connectivity index (χ4n) is 2.37. The van der Waals surface area contributed by atoms with Gasteiger partial charge in [0.25, 0.3) is 0 Å². The predicted octanol–water partition coefficient (Wildman–Crippen LogP) is 2.39. The van der Waals surface area contributed by atoms with Crippen LogP contribution in [-0.4, -0.2) is 37.0 Å². The van der Waals surface area contributed by atoms with E-state index in [0.29, 0.717) is 6.04 Å². The number of nitrogens with one attached hydrogen (secondary N) is 1. The molecule has 4 heteroatoms. The van der Waals surface area contributed by atoms with Crippen LogP contribution >= 0.6 is 12.4 Å². The number of allylic oxidation sites excluding steroid dienone is 2. The fourth-order valence-corrected chi connectivity index (χ4v) is 2.37. The third-order valence-electron chi connectivity index (χ3n) is 3.39. The summed E-state index contributed by atoms with van der Waals surface area (Å²) < 4.78 is 0. The Balaban J connectivity index is 0.00000289. The van der Waals surface area contributed by atoms with Gasteiger partial charge in [-0.1, -0.05) is 12.2 Å². The highest BCUT2D eigenvalue weighted by atomic mass is 35.5. The molecule has 0 aromatic heterocycles. The third-order valence-corrected chi connectivity index (χ3v) is 3.39. The zero-order valence-electron chi connectivity index (χ0n) is 11.2. The zero-order chi connectivity index (χ0) is 12.7. The summed E-state index contributed by atoms with van der Waals surface area (Å²) >= 11 is 0. The summed E-state index contributed by atoms with van der Waals surface area (Å²) in [5.41, 5.74) is 0. The Kier molecular flexibility index (Phi) is 8.77. The molecule has 0 saturated carbocycles. The third kappa shape index (κ3) is 4.83. The van der Waals surface area contributed by atoms with Crippen LogP contribution in [0.1, 0.15) is 25.7 Å². The number of hydrogen-bond acceptors (Lipinski definition) is 2. The van der Waals surface area contributed by atoms with Crippen molar-refractivity contribution in [3.05, 3.63) is 25.3 Å². The highest BCUT2D eigenvalue weighted by Crippen LogP contribution is 2.18. The summed E-state index contributed by atoms with van der Waals surface area (Å²) in [7, 11) is 1.96. The summed E-state index contributed by atoms with van der Waals surface area (Å²) in [5.74, 6) is 0.283. The lowest BCUT2D eigenvalue weighted by atomic mass is 9.97. The standard InChI is InChI=1S/C14H24N2O.ClH/c1-4-7-12(8-5-2)14(17)16-10-6-9-13(11-16)15-3;/h4-5,12-13,15H,1-2,6-11H2,3H3;1H. The molecule has 1 atom stereocenters. The second-order valence-corrected chi connectivity index (χ2v) is 4.66. The topological polar surface area (TPSA) is 32.3 Å². The van der Waals surface area contributed by atoms with Crippen LogP contribution in [0.15, 0.2) is 25.3 Å². The molecule has 1 aliphatic rings. The van der Waals surface area contributed by atoms with Gasteiger partial charge in [-0.05, 0) is 32.7 Å². The lowest BCUT2D eigenvalue weighted by molar-refractivity contribution is -0.136. The Hall–Kier alpha value is -0.800. The van der Waals surface area contributed by atoms with Crippen LogP contribution in [0.25, 0.3) is 0 Å². The quantitative estimate of drug-likeness (QED) is 0.753. The molecule has 1 rings (SSSR count). The molecule has 1 saturated heterocycles. The van der Waals surface area contributed by atoms with Crippen molar-refractivity contribution >= 4 is 18.3 Å². The lowest BCUT2D eigenvalue weighted by Gasteiger charge is -2.34. The highest BCUT2D eigenvalue weighted by molar-refractivity contribution is 5.85.